The topological polar surface area (TPSA) is 120 Å². The Balaban J connectivity index is 1.91. The van der Waals surface area contributed by atoms with Gasteiger partial charge in [-0.15, -0.1) is 0 Å². The number of anilines is 1. The van der Waals surface area contributed by atoms with Crippen LogP contribution in [0.15, 0.2) is 30.5 Å². The summed E-state index contributed by atoms with van der Waals surface area (Å²) in [6.07, 6.45) is 2.07. The summed E-state index contributed by atoms with van der Waals surface area (Å²) in [4.78, 5) is 27.2. The zero-order valence-electron chi connectivity index (χ0n) is 20.0. The largest absolute Gasteiger partial charge is 0.481 e. The van der Waals surface area contributed by atoms with Crippen molar-refractivity contribution in [2.45, 2.75) is 51.2 Å². The molecule has 194 valence electrons. The quantitative estimate of drug-likeness (QED) is 0.476. The normalized spacial score (nSPS) is 16.5. The highest BCUT2D eigenvalue weighted by Gasteiger charge is 2.46. The third-order valence-electron chi connectivity index (χ3n) is 6.35. The Morgan fingerprint density at radius 2 is 2.00 bits per heavy atom. The van der Waals surface area contributed by atoms with Crippen molar-refractivity contribution < 1.29 is 28.2 Å². The number of ether oxygens (including phenoxy) is 1. The van der Waals surface area contributed by atoms with E-state index in [2.05, 4.69) is 15.2 Å². The zero-order chi connectivity index (χ0) is 26.5. The highest BCUT2D eigenvalue weighted by atomic mass is 35.5. The zero-order valence-corrected chi connectivity index (χ0v) is 20.7. The summed E-state index contributed by atoms with van der Waals surface area (Å²) >= 11 is 5.93. The lowest BCUT2D eigenvalue weighted by Crippen LogP contribution is -2.55. The smallest absolute Gasteiger partial charge is 0.387 e. The molecule has 1 saturated heterocycles. The van der Waals surface area contributed by atoms with Crippen LogP contribution in [-0.4, -0.2) is 57.9 Å². The second-order valence-electron chi connectivity index (χ2n) is 9.03. The number of carboxylic acid groups (broad SMARTS) is 1. The van der Waals surface area contributed by atoms with Gasteiger partial charge in [-0.05, 0) is 37.0 Å². The molecule has 2 heterocycles. The maximum absolute atomic E-state index is 13.8. The summed E-state index contributed by atoms with van der Waals surface area (Å²) in [7, 11) is 0. The van der Waals surface area contributed by atoms with Gasteiger partial charge < -0.3 is 20.1 Å². The molecule has 2 aromatic rings. The van der Waals surface area contributed by atoms with E-state index >= 15 is 0 Å². The lowest BCUT2D eigenvalue weighted by Gasteiger charge is -2.42. The Morgan fingerprint density at radius 3 is 2.58 bits per heavy atom. The standard InChI is InChI=1S/C24H28ClF2N5O4/c1-15(2)19-6-10-29-32(19)24(7-11-31(12-8-24)14-16(5-9-28)21(33)34)22(35)30-18-4-3-17(25)13-20(18)36-23(26)27/h3-4,6,10,13,15-16,23H,5,7-8,11-12,14H2,1-2H3,(H,30,35)(H,33,34). The summed E-state index contributed by atoms with van der Waals surface area (Å²) < 4.78 is 32.2. The van der Waals surface area contributed by atoms with Gasteiger partial charge in [0.2, 0.25) is 0 Å². The van der Waals surface area contributed by atoms with E-state index in [9.17, 15) is 23.5 Å². The number of halogens is 3. The number of carbonyl (C=O) groups is 2. The minimum absolute atomic E-state index is 0.0460. The molecule has 1 aromatic carbocycles. The van der Waals surface area contributed by atoms with Crippen LogP contribution >= 0.6 is 11.6 Å². The number of nitrogens with zero attached hydrogens (tertiary/aromatic N) is 4. The number of nitriles is 1. The third-order valence-corrected chi connectivity index (χ3v) is 6.58. The molecule has 1 amide bonds. The molecule has 36 heavy (non-hydrogen) atoms. The van der Waals surface area contributed by atoms with Gasteiger partial charge in [0.1, 0.15) is 5.54 Å². The summed E-state index contributed by atoms with van der Waals surface area (Å²) in [5.74, 6) is -2.55. The fourth-order valence-corrected chi connectivity index (χ4v) is 4.59. The van der Waals surface area contributed by atoms with Gasteiger partial charge in [0.25, 0.3) is 5.91 Å². The van der Waals surface area contributed by atoms with E-state index < -0.39 is 29.9 Å². The number of likely N-dealkylation sites (tertiary alicyclic amines) is 1. The van der Waals surface area contributed by atoms with Gasteiger partial charge in [0.05, 0.1) is 17.7 Å². The minimum atomic E-state index is -3.11. The van der Waals surface area contributed by atoms with Gasteiger partial charge in [0.15, 0.2) is 5.75 Å². The summed E-state index contributed by atoms with van der Waals surface area (Å²) in [6, 6.07) is 7.79. The molecule has 0 saturated carbocycles. The van der Waals surface area contributed by atoms with Gasteiger partial charge in [0, 0.05) is 49.0 Å². The monoisotopic (exact) mass is 523 g/mol. The van der Waals surface area contributed by atoms with Crippen molar-refractivity contribution >= 4 is 29.2 Å². The molecule has 0 bridgehead atoms. The average Bonchev–Trinajstić information content (AvgIpc) is 3.31. The molecule has 12 heteroatoms. The summed E-state index contributed by atoms with van der Waals surface area (Å²) in [6.45, 7) is 1.77. The number of alkyl halides is 2. The first-order valence-corrected chi connectivity index (χ1v) is 11.9. The first kappa shape index (κ1) is 27.4. The molecular formula is C24H28ClF2N5O4. The first-order valence-electron chi connectivity index (χ1n) is 11.5. The van der Waals surface area contributed by atoms with Crippen LogP contribution in [0.4, 0.5) is 14.5 Å². The van der Waals surface area contributed by atoms with Crippen LogP contribution in [0.3, 0.4) is 0 Å². The molecule has 2 N–H and O–H groups in total. The Morgan fingerprint density at radius 1 is 1.31 bits per heavy atom. The predicted molar refractivity (Wildman–Crippen MR) is 128 cm³/mol. The predicted octanol–water partition coefficient (Wildman–Crippen LogP) is 4.31. The van der Waals surface area contributed by atoms with Crippen LogP contribution < -0.4 is 10.1 Å². The molecule has 1 fully saturated rings. The number of hydrogen-bond acceptors (Lipinski definition) is 6. The minimum Gasteiger partial charge on any atom is -0.481 e. The molecule has 3 rings (SSSR count). The SMILES string of the molecule is CC(C)c1ccnn1C1(C(=O)Nc2ccc(Cl)cc2OC(F)F)CCN(CC(CC#N)C(=O)O)CC1. The molecule has 9 nitrogen and oxygen atoms in total. The van der Waals surface area contributed by atoms with Crippen molar-refractivity contribution in [1.29, 1.82) is 5.26 Å². The second kappa shape index (κ2) is 11.7. The third kappa shape index (κ3) is 6.12. The lowest BCUT2D eigenvalue weighted by molar-refractivity contribution is -0.142. The Kier molecular flexibility index (Phi) is 8.87. The van der Waals surface area contributed by atoms with Crippen molar-refractivity contribution in [2.75, 3.05) is 25.0 Å². The van der Waals surface area contributed by atoms with Crippen LogP contribution in [0, 0.1) is 17.2 Å². The molecule has 1 aliphatic heterocycles. The molecule has 0 spiro atoms. The Labute approximate surface area is 212 Å². The van der Waals surface area contributed by atoms with E-state index in [1.807, 2.05) is 30.9 Å². The van der Waals surface area contributed by atoms with Gasteiger partial charge in [-0.2, -0.15) is 19.1 Å². The molecule has 1 aromatic heterocycles. The number of amides is 1. The van der Waals surface area contributed by atoms with E-state index in [1.54, 1.807) is 10.9 Å². The fourth-order valence-electron chi connectivity index (χ4n) is 4.43. The van der Waals surface area contributed by atoms with Crippen LogP contribution in [-0.2, 0) is 15.1 Å². The van der Waals surface area contributed by atoms with Crippen molar-refractivity contribution in [1.82, 2.24) is 14.7 Å². The molecule has 1 unspecified atom stereocenters. The van der Waals surface area contributed by atoms with E-state index in [-0.39, 0.29) is 48.2 Å². The van der Waals surface area contributed by atoms with E-state index in [4.69, 9.17) is 16.9 Å². The number of aromatic nitrogens is 2. The maximum Gasteiger partial charge on any atom is 0.387 e. The second-order valence-corrected chi connectivity index (χ2v) is 9.46. The highest BCUT2D eigenvalue weighted by molar-refractivity contribution is 6.30. The number of hydrogen-bond donors (Lipinski definition) is 2. The fraction of sp³-hybridized carbons (Fsp3) is 0.500. The number of aliphatic carboxylic acids is 1. The van der Waals surface area contributed by atoms with Gasteiger partial charge in [-0.3, -0.25) is 14.3 Å². The van der Waals surface area contributed by atoms with Crippen molar-refractivity contribution in [3.8, 4) is 11.8 Å². The highest BCUT2D eigenvalue weighted by Crippen LogP contribution is 2.37. The average molecular weight is 524 g/mol. The van der Waals surface area contributed by atoms with Crippen LogP contribution in [0.5, 0.6) is 5.75 Å². The molecule has 0 aliphatic carbocycles. The van der Waals surface area contributed by atoms with E-state index in [0.29, 0.717) is 13.1 Å². The summed E-state index contributed by atoms with van der Waals surface area (Å²) in [5, 5.41) is 25.7. The van der Waals surface area contributed by atoms with Gasteiger partial charge in [-0.1, -0.05) is 25.4 Å². The molecule has 0 radical (unpaired) electrons. The Bertz CT molecular complexity index is 1130. The van der Waals surface area contributed by atoms with Crippen molar-refractivity contribution in [3.63, 3.8) is 0 Å². The van der Waals surface area contributed by atoms with Crippen LogP contribution in [0.25, 0.3) is 0 Å². The van der Waals surface area contributed by atoms with Gasteiger partial charge >= 0.3 is 12.6 Å². The van der Waals surface area contributed by atoms with Crippen LogP contribution in [0.2, 0.25) is 5.02 Å². The summed E-state index contributed by atoms with van der Waals surface area (Å²) in [5.41, 5.74) is -0.286. The number of piperidine rings is 1. The Hall–Kier alpha value is -3.23. The molecule has 1 atom stereocenters. The molecule has 1 aliphatic rings. The van der Waals surface area contributed by atoms with Crippen molar-refractivity contribution in [3.05, 3.63) is 41.2 Å². The van der Waals surface area contributed by atoms with Crippen LogP contribution in [0.1, 0.15) is 44.7 Å². The van der Waals surface area contributed by atoms with Crippen molar-refractivity contribution in [2.24, 2.45) is 5.92 Å². The van der Waals surface area contributed by atoms with Gasteiger partial charge in [-0.25, -0.2) is 0 Å². The number of benzene rings is 1. The number of rotatable bonds is 10. The number of carbonyl (C=O) groups excluding carboxylic acids is 1. The van der Waals surface area contributed by atoms with E-state index in [0.717, 1.165) is 5.69 Å². The number of nitrogens with one attached hydrogen (secondary N) is 1. The molecular weight excluding hydrogens is 496 g/mol. The maximum atomic E-state index is 13.8. The lowest BCUT2D eigenvalue weighted by atomic mass is 9.85. The first-order chi connectivity index (χ1) is 17.1. The van der Waals surface area contributed by atoms with E-state index in [1.165, 1.54) is 18.2 Å². The number of carboxylic acids is 1.